The largest absolute Gasteiger partial charge is 0.382 e. The summed E-state index contributed by atoms with van der Waals surface area (Å²) in [5.74, 6) is 0.00671. The quantitative estimate of drug-likeness (QED) is 0.494. The summed E-state index contributed by atoms with van der Waals surface area (Å²) in [6.45, 7) is 3.78. The van der Waals surface area contributed by atoms with Crippen LogP contribution >= 0.6 is 0 Å². The van der Waals surface area contributed by atoms with E-state index in [9.17, 15) is 9.59 Å². The molecule has 0 bridgehead atoms. The number of carbonyl (C=O) groups excluding carboxylic acids is 2. The van der Waals surface area contributed by atoms with E-state index < -0.39 is 0 Å². The molecule has 0 rings (SSSR count). The summed E-state index contributed by atoms with van der Waals surface area (Å²) >= 11 is 0. The summed E-state index contributed by atoms with van der Waals surface area (Å²) in [4.78, 5) is 23.7. The fraction of sp³-hybridized carbons (Fsp3) is 0.833. The molecule has 1 amide bonds. The lowest BCUT2D eigenvalue weighted by atomic mass is 10.3. The minimum atomic E-state index is -0.0960. The highest BCUT2D eigenvalue weighted by molar-refractivity contribution is 5.77. The minimum absolute atomic E-state index is 0.0489. The topological polar surface area (TPSA) is 65.1 Å². The number of ether oxygens (including phenoxy) is 3. The van der Waals surface area contributed by atoms with E-state index in [2.05, 4.69) is 0 Å². The lowest BCUT2D eigenvalue weighted by molar-refractivity contribution is -0.136. The Morgan fingerprint density at radius 2 is 1.78 bits per heavy atom. The number of rotatable bonds is 11. The maximum Gasteiger partial charge on any atom is 0.248 e. The van der Waals surface area contributed by atoms with Gasteiger partial charge < -0.3 is 19.1 Å². The van der Waals surface area contributed by atoms with Crippen molar-refractivity contribution in [3.8, 4) is 0 Å². The average Bonchev–Trinajstić information content (AvgIpc) is 2.33. The van der Waals surface area contributed by atoms with Crippen molar-refractivity contribution in [2.45, 2.75) is 13.3 Å². The molecule has 0 fully saturated rings. The van der Waals surface area contributed by atoms with Gasteiger partial charge in [-0.25, -0.2) is 0 Å². The molecule has 0 aliphatic heterocycles. The zero-order valence-corrected chi connectivity index (χ0v) is 11.4. The van der Waals surface area contributed by atoms with Crippen molar-refractivity contribution in [1.82, 2.24) is 4.90 Å². The van der Waals surface area contributed by atoms with E-state index in [0.717, 1.165) is 0 Å². The molecule has 0 heterocycles. The molecular formula is C12H23NO5. The first kappa shape index (κ1) is 17.0. The van der Waals surface area contributed by atoms with Crippen LogP contribution in [0.15, 0.2) is 0 Å². The van der Waals surface area contributed by atoms with Gasteiger partial charge in [0.25, 0.3) is 0 Å². The Labute approximate surface area is 108 Å². The molecule has 0 aromatic carbocycles. The standard InChI is InChI=1S/C12H23NO5/c1-11(14)4-6-17-7-5-13(2)12(15)10-18-9-8-16-3/h4-10H2,1-3H3. The zero-order valence-electron chi connectivity index (χ0n) is 11.4. The van der Waals surface area contributed by atoms with Crippen LogP contribution in [0.1, 0.15) is 13.3 Å². The number of likely N-dealkylation sites (N-methyl/N-ethyl adjacent to an activating group) is 1. The Balaban J connectivity index is 3.46. The van der Waals surface area contributed by atoms with E-state index in [-0.39, 0.29) is 18.3 Å². The third kappa shape index (κ3) is 10.2. The third-order valence-electron chi connectivity index (χ3n) is 2.25. The highest BCUT2D eigenvalue weighted by Gasteiger charge is 2.08. The molecule has 0 aromatic rings. The first-order valence-corrected chi connectivity index (χ1v) is 5.95. The van der Waals surface area contributed by atoms with Gasteiger partial charge in [-0.2, -0.15) is 0 Å². The Bertz CT molecular complexity index is 245. The SMILES string of the molecule is COCCOCC(=O)N(C)CCOCCC(C)=O. The van der Waals surface area contributed by atoms with Gasteiger partial charge in [0.05, 0.1) is 26.4 Å². The van der Waals surface area contributed by atoms with Crippen molar-refractivity contribution in [2.24, 2.45) is 0 Å². The molecule has 0 aliphatic rings. The van der Waals surface area contributed by atoms with Crippen LogP contribution in [-0.4, -0.2) is 70.3 Å². The number of methoxy groups -OCH3 is 1. The molecule has 0 spiro atoms. The molecule has 0 unspecified atom stereocenters. The van der Waals surface area contributed by atoms with Gasteiger partial charge in [-0.05, 0) is 6.92 Å². The second kappa shape index (κ2) is 11.1. The molecule has 106 valence electrons. The van der Waals surface area contributed by atoms with E-state index in [0.29, 0.717) is 39.4 Å². The lowest BCUT2D eigenvalue weighted by Crippen LogP contribution is -2.33. The second-order valence-electron chi connectivity index (χ2n) is 3.93. The van der Waals surface area contributed by atoms with Gasteiger partial charge in [0.2, 0.25) is 5.91 Å². The normalized spacial score (nSPS) is 10.4. The van der Waals surface area contributed by atoms with Gasteiger partial charge in [0.1, 0.15) is 12.4 Å². The number of hydrogen-bond donors (Lipinski definition) is 0. The van der Waals surface area contributed by atoms with Crippen LogP contribution in [0.25, 0.3) is 0 Å². The Kier molecular flexibility index (Phi) is 10.5. The minimum Gasteiger partial charge on any atom is -0.382 e. The molecular weight excluding hydrogens is 238 g/mol. The van der Waals surface area contributed by atoms with E-state index in [1.165, 1.54) is 6.92 Å². The Hall–Kier alpha value is -0.980. The number of amides is 1. The molecule has 6 nitrogen and oxygen atoms in total. The van der Waals surface area contributed by atoms with Crippen LogP contribution < -0.4 is 0 Å². The van der Waals surface area contributed by atoms with E-state index >= 15 is 0 Å². The van der Waals surface area contributed by atoms with Crippen LogP contribution in [0.3, 0.4) is 0 Å². The second-order valence-corrected chi connectivity index (χ2v) is 3.93. The average molecular weight is 261 g/mol. The fourth-order valence-electron chi connectivity index (χ4n) is 1.06. The first-order chi connectivity index (χ1) is 8.57. The molecule has 18 heavy (non-hydrogen) atoms. The summed E-state index contributed by atoms with van der Waals surface area (Å²) in [7, 11) is 3.27. The summed E-state index contributed by atoms with van der Waals surface area (Å²) in [6.07, 6.45) is 0.414. The maximum atomic E-state index is 11.5. The predicted octanol–water partition coefficient (Wildman–Crippen LogP) is 0.104. The molecule has 6 heteroatoms. The van der Waals surface area contributed by atoms with Gasteiger partial charge >= 0.3 is 0 Å². The molecule has 0 atom stereocenters. The first-order valence-electron chi connectivity index (χ1n) is 5.95. The van der Waals surface area contributed by atoms with Crippen LogP contribution in [0, 0.1) is 0 Å². The van der Waals surface area contributed by atoms with E-state index in [1.54, 1.807) is 19.1 Å². The number of nitrogens with zero attached hydrogens (tertiary/aromatic N) is 1. The number of ketones is 1. The van der Waals surface area contributed by atoms with Gasteiger partial charge in [-0.1, -0.05) is 0 Å². The van der Waals surface area contributed by atoms with E-state index in [1.807, 2.05) is 0 Å². The van der Waals surface area contributed by atoms with Crippen molar-refractivity contribution in [1.29, 1.82) is 0 Å². The van der Waals surface area contributed by atoms with Crippen molar-refractivity contribution in [2.75, 3.05) is 53.7 Å². The molecule has 0 radical (unpaired) electrons. The Morgan fingerprint density at radius 1 is 1.06 bits per heavy atom. The molecule has 0 saturated carbocycles. The zero-order chi connectivity index (χ0) is 13.8. The van der Waals surface area contributed by atoms with Gasteiger partial charge in [-0.3, -0.25) is 9.59 Å². The lowest BCUT2D eigenvalue weighted by Gasteiger charge is -2.17. The van der Waals surface area contributed by atoms with Crippen molar-refractivity contribution in [3.05, 3.63) is 0 Å². The molecule has 0 N–H and O–H groups in total. The summed E-state index contributed by atoms with van der Waals surface area (Å²) in [5.41, 5.74) is 0. The number of Topliss-reactive ketones (excluding diaryl/α,β-unsaturated/α-hetero) is 1. The van der Waals surface area contributed by atoms with Crippen LogP contribution in [0.4, 0.5) is 0 Å². The van der Waals surface area contributed by atoms with Gasteiger partial charge in [0, 0.05) is 27.1 Å². The van der Waals surface area contributed by atoms with E-state index in [4.69, 9.17) is 14.2 Å². The monoisotopic (exact) mass is 261 g/mol. The van der Waals surface area contributed by atoms with Crippen LogP contribution in [-0.2, 0) is 23.8 Å². The Morgan fingerprint density at radius 3 is 2.39 bits per heavy atom. The van der Waals surface area contributed by atoms with Gasteiger partial charge in [-0.15, -0.1) is 0 Å². The molecule has 0 saturated heterocycles. The highest BCUT2D eigenvalue weighted by atomic mass is 16.5. The van der Waals surface area contributed by atoms with Crippen molar-refractivity contribution in [3.63, 3.8) is 0 Å². The highest BCUT2D eigenvalue weighted by Crippen LogP contribution is 1.90. The predicted molar refractivity (Wildman–Crippen MR) is 66.4 cm³/mol. The van der Waals surface area contributed by atoms with Crippen LogP contribution in [0.2, 0.25) is 0 Å². The molecule has 0 aliphatic carbocycles. The van der Waals surface area contributed by atoms with Gasteiger partial charge in [0.15, 0.2) is 0 Å². The number of hydrogen-bond acceptors (Lipinski definition) is 5. The summed E-state index contributed by atoms with van der Waals surface area (Å²) in [6, 6.07) is 0. The number of carbonyl (C=O) groups is 2. The summed E-state index contributed by atoms with van der Waals surface area (Å²) in [5, 5.41) is 0. The van der Waals surface area contributed by atoms with Crippen molar-refractivity contribution >= 4 is 11.7 Å². The van der Waals surface area contributed by atoms with Crippen molar-refractivity contribution < 1.29 is 23.8 Å². The smallest absolute Gasteiger partial charge is 0.248 e. The maximum absolute atomic E-state index is 11.5. The molecule has 0 aromatic heterocycles. The fourth-order valence-corrected chi connectivity index (χ4v) is 1.06. The van der Waals surface area contributed by atoms with Crippen LogP contribution in [0.5, 0.6) is 0 Å². The third-order valence-corrected chi connectivity index (χ3v) is 2.25. The summed E-state index contributed by atoms with van der Waals surface area (Å²) < 4.78 is 15.1.